The van der Waals surface area contributed by atoms with Crippen molar-refractivity contribution in [1.29, 1.82) is 0 Å². The van der Waals surface area contributed by atoms with Crippen LogP contribution in [0, 0.1) is 5.82 Å². The SMILES string of the molecule is CC(C(=O)O)N1CCN(C(C)c2ccc(F)cc2Cl)CC1. The number of hydrogen-bond donors (Lipinski definition) is 1. The minimum absolute atomic E-state index is 0.0837. The third kappa shape index (κ3) is 3.73. The summed E-state index contributed by atoms with van der Waals surface area (Å²) in [7, 11) is 0. The Kier molecular flexibility index (Phi) is 5.19. The van der Waals surface area contributed by atoms with Crippen LogP contribution in [-0.2, 0) is 4.79 Å². The third-order valence-electron chi connectivity index (χ3n) is 4.21. The normalized spacial score (nSPS) is 20.2. The molecule has 4 nitrogen and oxygen atoms in total. The molecular formula is C15H20ClFN2O2. The summed E-state index contributed by atoms with van der Waals surface area (Å²) in [5, 5.41) is 9.48. The third-order valence-corrected chi connectivity index (χ3v) is 4.54. The second-order valence-corrected chi connectivity index (χ2v) is 5.84. The van der Waals surface area contributed by atoms with Gasteiger partial charge in [-0.15, -0.1) is 0 Å². The minimum Gasteiger partial charge on any atom is -0.480 e. The smallest absolute Gasteiger partial charge is 0.320 e. The van der Waals surface area contributed by atoms with Crippen molar-refractivity contribution in [2.24, 2.45) is 0 Å². The topological polar surface area (TPSA) is 43.8 Å². The Balaban J connectivity index is 2.00. The van der Waals surface area contributed by atoms with Crippen molar-refractivity contribution in [1.82, 2.24) is 9.80 Å². The van der Waals surface area contributed by atoms with E-state index in [2.05, 4.69) is 4.90 Å². The van der Waals surface area contributed by atoms with Crippen LogP contribution in [0.5, 0.6) is 0 Å². The van der Waals surface area contributed by atoms with Gasteiger partial charge in [-0.05, 0) is 31.5 Å². The molecule has 2 atom stereocenters. The van der Waals surface area contributed by atoms with Gasteiger partial charge in [0.25, 0.3) is 0 Å². The lowest BCUT2D eigenvalue weighted by Gasteiger charge is -2.39. The first-order valence-corrected chi connectivity index (χ1v) is 7.44. The average Bonchev–Trinajstić information content (AvgIpc) is 2.46. The average molecular weight is 315 g/mol. The maximum atomic E-state index is 13.1. The second-order valence-electron chi connectivity index (χ2n) is 5.43. The summed E-state index contributed by atoms with van der Waals surface area (Å²) in [6.07, 6.45) is 0. The van der Waals surface area contributed by atoms with Gasteiger partial charge in [-0.1, -0.05) is 17.7 Å². The van der Waals surface area contributed by atoms with E-state index in [4.69, 9.17) is 16.7 Å². The summed E-state index contributed by atoms with van der Waals surface area (Å²) in [5.74, 6) is -1.13. The quantitative estimate of drug-likeness (QED) is 0.928. The standard InChI is InChI=1S/C15H20ClFN2O2/c1-10(13-4-3-12(17)9-14(13)16)18-5-7-19(8-6-18)11(2)15(20)21/h3-4,9-11H,5-8H2,1-2H3,(H,20,21). The zero-order valence-corrected chi connectivity index (χ0v) is 13.0. The van der Waals surface area contributed by atoms with Crippen LogP contribution in [0.2, 0.25) is 5.02 Å². The van der Waals surface area contributed by atoms with Crippen LogP contribution in [0.25, 0.3) is 0 Å². The van der Waals surface area contributed by atoms with Crippen LogP contribution in [0.1, 0.15) is 25.5 Å². The molecule has 0 bridgehead atoms. The molecule has 21 heavy (non-hydrogen) atoms. The summed E-state index contributed by atoms with van der Waals surface area (Å²) >= 11 is 6.11. The second kappa shape index (κ2) is 6.73. The van der Waals surface area contributed by atoms with E-state index >= 15 is 0 Å². The number of carbonyl (C=O) groups is 1. The first-order valence-electron chi connectivity index (χ1n) is 7.06. The molecule has 1 aromatic carbocycles. The van der Waals surface area contributed by atoms with Crippen molar-refractivity contribution >= 4 is 17.6 Å². The number of halogens is 2. The van der Waals surface area contributed by atoms with Gasteiger partial charge < -0.3 is 5.11 Å². The Morgan fingerprint density at radius 1 is 1.24 bits per heavy atom. The first-order chi connectivity index (χ1) is 9.90. The van der Waals surface area contributed by atoms with E-state index < -0.39 is 12.0 Å². The highest BCUT2D eigenvalue weighted by Crippen LogP contribution is 2.28. The van der Waals surface area contributed by atoms with Gasteiger partial charge in [-0.25, -0.2) is 4.39 Å². The lowest BCUT2D eigenvalue weighted by atomic mass is 10.1. The highest BCUT2D eigenvalue weighted by atomic mass is 35.5. The van der Waals surface area contributed by atoms with E-state index in [1.807, 2.05) is 11.8 Å². The number of benzene rings is 1. The lowest BCUT2D eigenvalue weighted by Crippen LogP contribution is -2.52. The Labute approximate surface area is 129 Å². The first kappa shape index (κ1) is 16.2. The van der Waals surface area contributed by atoms with Crippen LogP contribution in [0.4, 0.5) is 4.39 Å². The Hall–Kier alpha value is -1.17. The minimum atomic E-state index is -0.793. The molecule has 2 rings (SSSR count). The maximum Gasteiger partial charge on any atom is 0.320 e. The predicted octanol–water partition coefficient (Wildman–Crippen LogP) is 2.63. The largest absolute Gasteiger partial charge is 0.480 e. The lowest BCUT2D eigenvalue weighted by molar-refractivity contribution is -0.143. The molecule has 1 N–H and O–H groups in total. The van der Waals surface area contributed by atoms with Crippen molar-refractivity contribution in [2.75, 3.05) is 26.2 Å². The molecule has 1 aromatic rings. The zero-order valence-electron chi connectivity index (χ0n) is 12.2. The van der Waals surface area contributed by atoms with Crippen molar-refractivity contribution in [3.63, 3.8) is 0 Å². The van der Waals surface area contributed by atoms with E-state index in [9.17, 15) is 9.18 Å². The van der Waals surface area contributed by atoms with Gasteiger partial charge in [0.1, 0.15) is 11.9 Å². The van der Waals surface area contributed by atoms with Gasteiger partial charge in [0.2, 0.25) is 0 Å². The zero-order chi connectivity index (χ0) is 15.6. The van der Waals surface area contributed by atoms with Gasteiger partial charge in [0.15, 0.2) is 0 Å². The molecule has 1 saturated heterocycles. The molecule has 1 aliphatic heterocycles. The van der Waals surface area contributed by atoms with E-state index in [0.717, 1.165) is 18.7 Å². The number of aliphatic carboxylic acids is 1. The fraction of sp³-hybridized carbons (Fsp3) is 0.533. The van der Waals surface area contributed by atoms with Crippen LogP contribution in [0.15, 0.2) is 18.2 Å². The fourth-order valence-electron chi connectivity index (χ4n) is 2.71. The monoisotopic (exact) mass is 314 g/mol. The van der Waals surface area contributed by atoms with Gasteiger partial charge >= 0.3 is 5.97 Å². The summed E-state index contributed by atoms with van der Waals surface area (Å²) < 4.78 is 13.1. The van der Waals surface area contributed by atoms with Gasteiger partial charge in [-0.2, -0.15) is 0 Å². The molecule has 0 aromatic heterocycles. The molecule has 6 heteroatoms. The summed E-state index contributed by atoms with van der Waals surface area (Å²) in [6.45, 7) is 6.69. The van der Waals surface area contributed by atoms with E-state index in [1.165, 1.54) is 12.1 Å². The number of carboxylic acid groups (broad SMARTS) is 1. The molecule has 0 amide bonds. The van der Waals surface area contributed by atoms with Gasteiger partial charge in [0.05, 0.1) is 0 Å². The van der Waals surface area contributed by atoms with Crippen LogP contribution >= 0.6 is 11.6 Å². The van der Waals surface area contributed by atoms with Crippen molar-refractivity contribution in [3.8, 4) is 0 Å². The Morgan fingerprint density at radius 2 is 1.81 bits per heavy atom. The molecule has 2 unspecified atom stereocenters. The summed E-state index contributed by atoms with van der Waals surface area (Å²) in [6, 6.07) is 4.09. The predicted molar refractivity (Wildman–Crippen MR) is 80.1 cm³/mol. The highest BCUT2D eigenvalue weighted by molar-refractivity contribution is 6.31. The van der Waals surface area contributed by atoms with Crippen LogP contribution in [-0.4, -0.2) is 53.1 Å². The van der Waals surface area contributed by atoms with Crippen LogP contribution in [0.3, 0.4) is 0 Å². The number of rotatable bonds is 4. The molecule has 1 heterocycles. The van der Waals surface area contributed by atoms with Gasteiger partial charge in [-0.3, -0.25) is 14.6 Å². The number of piperazine rings is 1. The molecule has 0 radical (unpaired) electrons. The van der Waals surface area contributed by atoms with E-state index in [-0.39, 0.29) is 11.9 Å². The summed E-state index contributed by atoms with van der Waals surface area (Å²) in [4.78, 5) is 15.2. The van der Waals surface area contributed by atoms with Crippen molar-refractivity contribution < 1.29 is 14.3 Å². The maximum absolute atomic E-state index is 13.1. The molecule has 1 aliphatic rings. The van der Waals surface area contributed by atoms with Crippen molar-refractivity contribution in [3.05, 3.63) is 34.6 Å². The Morgan fingerprint density at radius 3 is 2.33 bits per heavy atom. The summed E-state index contributed by atoms with van der Waals surface area (Å²) in [5.41, 5.74) is 0.901. The molecule has 0 saturated carbocycles. The molecule has 1 fully saturated rings. The molecule has 116 valence electrons. The molecule has 0 aliphatic carbocycles. The Bertz CT molecular complexity index is 518. The van der Waals surface area contributed by atoms with Crippen LogP contribution < -0.4 is 0 Å². The van der Waals surface area contributed by atoms with E-state index in [1.54, 1.807) is 13.0 Å². The van der Waals surface area contributed by atoms with Crippen molar-refractivity contribution in [2.45, 2.75) is 25.9 Å². The number of hydrogen-bond acceptors (Lipinski definition) is 3. The van der Waals surface area contributed by atoms with E-state index in [0.29, 0.717) is 18.1 Å². The molecule has 0 spiro atoms. The highest BCUT2D eigenvalue weighted by Gasteiger charge is 2.28. The molecular weight excluding hydrogens is 295 g/mol. The fourth-order valence-corrected chi connectivity index (χ4v) is 3.03. The number of carboxylic acids is 1. The number of nitrogens with zero attached hydrogens (tertiary/aromatic N) is 2. The van der Waals surface area contributed by atoms with Gasteiger partial charge in [0, 0.05) is 37.2 Å².